The molecule has 0 aliphatic heterocycles. The molecule has 0 unspecified atom stereocenters. The zero-order valence-corrected chi connectivity index (χ0v) is 14.7. The van der Waals surface area contributed by atoms with Gasteiger partial charge in [0, 0.05) is 0 Å². The minimum absolute atomic E-state index is 0.105. The molecule has 1 amide bonds. The van der Waals surface area contributed by atoms with Crippen molar-refractivity contribution in [2.24, 2.45) is 5.92 Å². The van der Waals surface area contributed by atoms with E-state index >= 15 is 0 Å². The second-order valence-electron chi connectivity index (χ2n) is 6.15. The Balaban J connectivity index is 2.84. The van der Waals surface area contributed by atoms with E-state index in [0.29, 0.717) is 16.5 Å². The van der Waals surface area contributed by atoms with Crippen LogP contribution in [0.5, 0.6) is 0 Å². The number of hydrogen-bond acceptors (Lipinski definition) is 6. The molecule has 22 heavy (non-hydrogen) atoms. The summed E-state index contributed by atoms with van der Waals surface area (Å²) in [4.78, 5) is 28.3. The lowest BCUT2D eigenvalue weighted by atomic mass is 10.1. The van der Waals surface area contributed by atoms with E-state index in [1.807, 2.05) is 13.8 Å². The molecule has 0 spiro atoms. The van der Waals surface area contributed by atoms with Crippen LogP contribution in [-0.4, -0.2) is 29.3 Å². The van der Waals surface area contributed by atoms with Crippen molar-refractivity contribution < 1.29 is 19.1 Å². The number of rotatable bonds is 5. The summed E-state index contributed by atoms with van der Waals surface area (Å²) in [6.45, 7) is 11.4. The Morgan fingerprint density at radius 1 is 1.36 bits per heavy atom. The Hall–Kier alpha value is -1.63. The van der Waals surface area contributed by atoms with Crippen LogP contribution < -0.4 is 5.32 Å². The first-order valence-corrected chi connectivity index (χ1v) is 8.08. The summed E-state index contributed by atoms with van der Waals surface area (Å²) in [5, 5.41) is 3.46. The molecule has 0 bridgehead atoms. The molecule has 0 aromatic carbocycles. The lowest BCUT2D eigenvalue weighted by Gasteiger charge is -2.24. The van der Waals surface area contributed by atoms with E-state index < -0.39 is 17.7 Å². The van der Waals surface area contributed by atoms with Crippen molar-refractivity contribution in [2.75, 3.05) is 6.61 Å². The number of thiazole rings is 1. The van der Waals surface area contributed by atoms with Crippen LogP contribution in [0.2, 0.25) is 0 Å². The third-order valence-electron chi connectivity index (χ3n) is 2.61. The van der Waals surface area contributed by atoms with Gasteiger partial charge in [0.25, 0.3) is 0 Å². The van der Waals surface area contributed by atoms with Crippen LogP contribution in [0.4, 0.5) is 4.79 Å². The van der Waals surface area contributed by atoms with Crippen LogP contribution >= 0.6 is 11.3 Å². The summed E-state index contributed by atoms with van der Waals surface area (Å²) in [6, 6.07) is -0.317. The standard InChI is InChI=1S/C15H24N2O4S/c1-7-20-13(18)10-8-16-12(22-10)11(9(2)3)17-14(19)21-15(4,5)6/h8-9,11H,7H2,1-6H3,(H,17,19)/t11-/m0/s1. The van der Waals surface area contributed by atoms with Gasteiger partial charge in [-0.25, -0.2) is 14.6 Å². The highest BCUT2D eigenvalue weighted by Gasteiger charge is 2.26. The van der Waals surface area contributed by atoms with Gasteiger partial charge < -0.3 is 14.8 Å². The smallest absolute Gasteiger partial charge is 0.408 e. The number of esters is 1. The van der Waals surface area contributed by atoms with Crippen molar-refractivity contribution in [2.45, 2.75) is 53.2 Å². The van der Waals surface area contributed by atoms with Crippen LogP contribution in [0.1, 0.15) is 62.3 Å². The normalized spacial score (nSPS) is 12.9. The first-order valence-electron chi connectivity index (χ1n) is 7.26. The second kappa shape index (κ2) is 7.58. The molecule has 0 fully saturated rings. The van der Waals surface area contributed by atoms with Crippen LogP contribution in [0.3, 0.4) is 0 Å². The van der Waals surface area contributed by atoms with Gasteiger partial charge in [0.1, 0.15) is 15.5 Å². The molecule has 1 aromatic heterocycles. The Kier molecular flexibility index (Phi) is 6.34. The lowest BCUT2D eigenvalue weighted by Crippen LogP contribution is -2.36. The number of carbonyl (C=O) groups excluding carboxylic acids is 2. The van der Waals surface area contributed by atoms with Crippen molar-refractivity contribution in [3.05, 3.63) is 16.1 Å². The average molecular weight is 328 g/mol. The van der Waals surface area contributed by atoms with Gasteiger partial charge >= 0.3 is 12.1 Å². The molecule has 7 heteroatoms. The van der Waals surface area contributed by atoms with Crippen LogP contribution in [-0.2, 0) is 9.47 Å². The summed E-state index contributed by atoms with van der Waals surface area (Å²) in [6.07, 6.45) is 0.975. The maximum atomic E-state index is 11.9. The van der Waals surface area contributed by atoms with Gasteiger partial charge in [-0.3, -0.25) is 0 Å². The van der Waals surface area contributed by atoms with Gasteiger partial charge in [-0.1, -0.05) is 13.8 Å². The first-order chi connectivity index (χ1) is 10.1. The van der Waals surface area contributed by atoms with Crippen LogP contribution in [0.25, 0.3) is 0 Å². The fourth-order valence-corrected chi connectivity index (χ4v) is 2.71. The fraction of sp³-hybridized carbons (Fsp3) is 0.667. The molecular formula is C15H24N2O4S. The summed E-state index contributed by atoms with van der Waals surface area (Å²) < 4.78 is 10.2. The number of amides is 1. The molecule has 124 valence electrons. The molecule has 0 saturated heterocycles. The van der Waals surface area contributed by atoms with Gasteiger partial charge in [0.05, 0.1) is 18.8 Å². The molecular weight excluding hydrogens is 304 g/mol. The molecule has 0 aliphatic carbocycles. The molecule has 1 N–H and O–H groups in total. The minimum Gasteiger partial charge on any atom is -0.462 e. The SMILES string of the molecule is CCOC(=O)c1cnc([C@@H](NC(=O)OC(C)(C)C)C(C)C)s1. The maximum absolute atomic E-state index is 11.9. The number of nitrogens with one attached hydrogen (secondary N) is 1. The highest BCUT2D eigenvalue weighted by Crippen LogP contribution is 2.27. The van der Waals surface area contributed by atoms with E-state index in [1.54, 1.807) is 27.7 Å². The van der Waals surface area contributed by atoms with Crippen LogP contribution in [0, 0.1) is 5.92 Å². The van der Waals surface area contributed by atoms with E-state index in [1.165, 1.54) is 17.5 Å². The lowest BCUT2D eigenvalue weighted by molar-refractivity contribution is 0.0487. The molecule has 0 radical (unpaired) electrons. The molecule has 1 atom stereocenters. The predicted octanol–water partition coefficient (Wildman–Crippen LogP) is 3.54. The van der Waals surface area contributed by atoms with E-state index in [0.717, 1.165) is 0 Å². The molecule has 6 nitrogen and oxygen atoms in total. The van der Waals surface area contributed by atoms with Crippen molar-refractivity contribution in [3.8, 4) is 0 Å². The largest absolute Gasteiger partial charge is 0.462 e. The Morgan fingerprint density at radius 2 is 2.00 bits per heavy atom. The van der Waals surface area contributed by atoms with E-state index in [9.17, 15) is 9.59 Å². The van der Waals surface area contributed by atoms with Crippen molar-refractivity contribution in [1.29, 1.82) is 0 Å². The van der Waals surface area contributed by atoms with Crippen molar-refractivity contribution in [1.82, 2.24) is 10.3 Å². The van der Waals surface area contributed by atoms with Crippen molar-refractivity contribution >= 4 is 23.4 Å². The summed E-state index contributed by atoms with van der Waals surface area (Å²) >= 11 is 1.22. The Bertz CT molecular complexity index is 520. The summed E-state index contributed by atoms with van der Waals surface area (Å²) in [5.41, 5.74) is -0.565. The quantitative estimate of drug-likeness (QED) is 0.837. The predicted molar refractivity (Wildman–Crippen MR) is 85.0 cm³/mol. The average Bonchev–Trinajstić information content (AvgIpc) is 2.83. The molecule has 1 rings (SSSR count). The zero-order valence-electron chi connectivity index (χ0n) is 13.9. The summed E-state index contributed by atoms with van der Waals surface area (Å²) in [5.74, 6) is -0.292. The molecule has 0 aliphatic rings. The summed E-state index contributed by atoms with van der Waals surface area (Å²) in [7, 11) is 0. The Labute approximate surface area is 135 Å². The van der Waals surface area contributed by atoms with Gasteiger partial charge in [0.15, 0.2) is 0 Å². The van der Waals surface area contributed by atoms with Gasteiger partial charge in [-0.05, 0) is 33.6 Å². The zero-order chi connectivity index (χ0) is 16.9. The van der Waals surface area contributed by atoms with Crippen LogP contribution in [0.15, 0.2) is 6.20 Å². The van der Waals surface area contributed by atoms with Gasteiger partial charge in [-0.2, -0.15) is 0 Å². The second-order valence-corrected chi connectivity index (χ2v) is 7.21. The van der Waals surface area contributed by atoms with Gasteiger partial charge in [0.2, 0.25) is 0 Å². The number of hydrogen-bond donors (Lipinski definition) is 1. The topological polar surface area (TPSA) is 77.5 Å². The minimum atomic E-state index is -0.565. The number of ether oxygens (including phenoxy) is 2. The van der Waals surface area contributed by atoms with Crippen molar-refractivity contribution in [3.63, 3.8) is 0 Å². The third kappa shape index (κ3) is 5.63. The third-order valence-corrected chi connectivity index (χ3v) is 3.67. The number of nitrogens with zero attached hydrogens (tertiary/aromatic N) is 1. The molecule has 1 aromatic rings. The van der Waals surface area contributed by atoms with E-state index in [2.05, 4.69) is 10.3 Å². The van der Waals surface area contributed by atoms with E-state index in [4.69, 9.17) is 9.47 Å². The first kappa shape index (κ1) is 18.4. The fourth-order valence-electron chi connectivity index (χ4n) is 1.68. The maximum Gasteiger partial charge on any atom is 0.408 e. The number of aromatic nitrogens is 1. The molecule has 0 saturated carbocycles. The number of alkyl carbamates (subject to hydrolysis) is 1. The number of carbonyl (C=O) groups is 2. The Morgan fingerprint density at radius 3 is 2.50 bits per heavy atom. The van der Waals surface area contributed by atoms with E-state index in [-0.39, 0.29) is 12.0 Å². The molecule has 1 heterocycles. The van der Waals surface area contributed by atoms with Gasteiger partial charge in [-0.15, -0.1) is 11.3 Å². The highest BCUT2D eigenvalue weighted by molar-refractivity contribution is 7.13. The highest BCUT2D eigenvalue weighted by atomic mass is 32.1. The monoisotopic (exact) mass is 328 g/mol.